The van der Waals surface area contributed by atoms with Gasteiger partial charge < -0.3 is 5.32 Å². The second-order valence-corrected chi connectivity index (χ2v) is 5.27. The van der Waals surface area contributed by atoms with Crippen LogP contribution in [0.3, 0.4) is 0 Å². The maximum absolute atomic E-state index is 13.3. The van der Waals surface area contributed by atoms with Gasteiger partial charge in [-0.3, -0.25) is 14.7 Å². The first-order valence-electron chi connectivity index (χ1n) is 7.02. The fourth-order valence-electron chi connectivity index (χ4n) is 2.28. The van der Waals surface area contributed by atoms with Gasteiger partial charge in [0.1, 0.15) is 11.6 Å². The number of rotatable bonds is 3. The summed E-state index contributed by atoms with van der Waals surface area (Å²) in [5, 5.41) is 7.59. The van der Waals surface area contributed by atoms with Crippen molar-refractivity contribution in [2.75, 3.05) is 5.32 Å². The Kier molecular flexibility index (Phi) is 4.18. The highest BCUT2D eigenvalue weighted by Gasteiger charge is 2.39. The van der Waals surface area contributed by atoms with E-state index in [9.17, 15) is 31.5 Å². The van der Waals surface area contributed by atoms with Gasteiger partial charge in [0, 0.05) is 22.6 Å². The summed E-state index contributed by atoms with van der Waals surface area (Å²) in [4.78, 5) is 23.4. The van der Waals surface area contributed by atoms with E-state index in [4.69, 9.17) is 0 Å². The summed E-state index contributed by atoms with van der Waals surface area (Å²) >= 11 is 0. The fourth-order valence-corrected chi connectivity index (χ4v) is 2.28. The Hall–Kier alpha value is -3.30. The molecule has 10 heteroatoms. The molecule has 0 saturated carbocycles. The van der Waals surface area contributed by atoms with Crippen LogP contribution < -0.4 is 5.32 Å². The van der Waals surface area contributed by atoms with Crippen molar-refractivity contribution in [2.24, 2.45) is 0 Å². The number of alkyl halides is 3. The molecule has 0 aliphatic heterocycles. The van der Waals surface area contributed by atoms with Crippen LogP contribution in [0.15, 0.2) is 36.4 Å². The molecule has 0 atom stereocenters. The number of nitrogens with zero attached hydrogens (tertiary/aromatic N) is 1. The molecule has 0 bridgehead atoms. The van der Waals surface area contributed by atoms with Crippen LogP contribution in [0, 0.1) is 11.6 Å². The maximum atomic E-state index is 13.3. The molecule has 0 saturated heterocycles. The lowest BCUT2D eigenvalue weighted by atomic mass is 10.0. The molecule has 0 aliphatic rings. The largest absolute Gasteiger partial charge is 0.471 e. The van der Waals surface area contributed by atoms with E-state index in [2.05, 4.69) is 10.2 Å². The van der Waals surface area contributed by atoms with Gasteiger partial charge in [0.25, 0.3) is 0 Å². The molecule has 2 aromatic carbocycles. The Morgan fingerprint density at radius 3 is 2.23 bits per heavy atom. The molecule has 1 heterocycles. The van der Waals surface area contributed by atoms with Crippen molar-refractivity contribution in [1.82, 2.24) is 10.2 Å². The van der Waals surface area contributed by atoms with Gasteiger partial charge in [-0.15, -0.1) is 0 Å². The van der Waals surface area contributed by atoms with Crippen molar-refractivity contribution in [3.05, 3.63) is 59.2 Å². The number of ketones is 1. The zero-order valence-electron chi connectivity index (χ0n) is 12.6. The molecule has 26 heavy (non-hydrogen) atoms. The second kappa shape index (κ2) is 6.21. The predicted molar refractivity (Wildman–Crippen MR) is 80.6 cm³/mol. The summed E-state index contributed by atoms with van der Waals surface area (Å²) in [7, 11) is 0. The van der Waals surface area contributed by atoms with Crippen molar-refractivity contribution in [1.29, 1.82) is 0 Å². The van der Waals surface area contributed by atoms with Gasteiger partial charge in [-0.1, -0.05) is 0 Å². The molecular formula is C16H8F5N3O2. The van der Waals surface area contributed by atoms with E-state index in [-0.39, 0.29) is 22.0 Å². The first kappa shape index (κ1) is 17.5. The zero-order chi connectivity index (χ0) is 19.1. The molecule has 3 rings (SSSR count). The van der Waals surface area contributed by atoms with Gasteiger partial charge in [0.2, 0.25) is 0 Å². The van der Waals surface area contributed by atoms with E-state index in [1.54, 1.807) is 5.32 Å². The number of hydrogen-bond acceptors (Lipinski definition) is 3. The zero-order valence-corrected chi connectivity index (χ0v) is 12.6. The third-order valence-electron chi connectivity index (χ3n) is 3.44. The Labute approximate surface area is 141 Å². The number of aromatic nitrogens is 2. The highest BCUT2D eigenvalue weighted by Crippen LogP contribution is 2.25. The average Bonchev–Trinajstić information content (AvgIpc) is 2.94. The summed E-state index contributed by atoms with van der Waals surface area (Å²) in [6.07, 6.45) is -5.11. The summed E-state index contributed by atoms with van der Waals surface area (Å²) in [5.41, 5.74) is -0.0675. The Balaban J connectivity index is 1.99. The van der Waals surface area contributed by atoms with Crippen molar-refractivity contribution in [3.8, 4) is 0 Å². The molecule has 1 amide bonds. The Morgan fingerprint density at radius 2 is 1.62 bits per heavy atom. The number of benzene rings is 2. The van der Waals surface area contributed by atoms with Crippen molar-refractivity contribution < 1.29 is 31.5 Å². The monoisotopic (exact) mass is 369 g/mol. The average molecular weight is 369 g/mol. The summed E-state index contributed by atoms with van der Waals surface area (Å²) in [6.45, 7) is 0. The molecule has 5 nitrogen and oxygen atoms in total. The second-order valence-electron chi connectivity index (χ2n) is 5.27. The number of H-pyrrole nitrogens is 1. The van der Waals surface area contributed by atoms with E-state index in [0.29, 0.717) is 6.07 Å². The molecule has 2 N–H and O–H groups in total. The van der Waals surface area contributed by atoms with Gasteiger partial charge in [0.15, 0.2) is 11.6 Å². The number of hydrogen-bond donors (Lipinski definition) is 2. The molecule has 0 spiro atoms. The molecule has 0 aliphatic carbocycles. The minimum Gasteiger partial charge on any atom is -0.301 e. The normalized spacial score (nSPS) is 11.6. The molecule has 0 fully saturated rings. The third-order valence-corrected chi connectivity index (χ3v) is 3.44. The van der Waals surface area contributed by atoms with Crippen LogP contribution >= 0.6 is 0 Å². The van der Waals surface area contributed by atoms with E-state index in [1.165, 1.54) is 12.1 Å². The predicted octanol–water partition coefficient (Wildman–Crippen LogP) is 3.57. The van der Waals surface area contributed by atoms with Crippen LogP contribution in [0.5, 0.6) is 0 Å². The number of halogens is 5. The molecule has 134 valence electrons. The number of carbonyl (C=O) groups is 2. The smallest absolute Gasteiger partial charge is 0.301 e. The lowest BCUT2D eigenvalue weighted by molar-refractivity contribution is -0.167. The van der Waals surface area contributed by atoms with Gasteiger partial charge >= 0.3 is 12.1 Å². The minimum atomic E-state index is -5.11. The van der Waals surface area contributed by atoms with Crippen LogP contribution in [0.2, 0.25) is 0 Å². The highest BCUT2D eigenvalue weighted by atomic mass is 19.4. The molecular weight excluding hydrogens is 361 g/mol. The van der Waals surface area contributed by atoms with Crippen LogP contribution in [-0.4, -0.2) is 28.1 Å². The maximum Gasteiger partial charge on any atom is 0.471 e. The number of nitrogens with one attached hydrogen (secondary N) is 2. The fraction of sp³-hybridized carbons (Fsp3) is 0.0625. The van der Waals surface area contributed by atoms with Crippen molar-refractivity contribution in [3.63, 3.8) is 0 Å². The molecule has 1 aromatic heterocycles. The SMILES string of the molecule is O=C(c1cc(F)cc(F)c1)c1ccc2[nH]nc(NC(=O)C(F)(F)F)c2c1. The minimum absolute atomic E-state index is 0.0327. The third kappa shape index (κ3) is 3.39. The number of carbonyl (C=O) groups excluding carboxylic acids is 2. The first-order chi connectivity index (χ1) is 12.1. The standard InChI is InChI=1S/C16H8F5N3O2/c17-9-3-8(4-10(18)6-9)13(25)7-1-2-12-11(5-7)14(24-23-12)22-15(26)16(19,20)21/h1-6H,(H2,22,23,24,26). The van der Waals surface area contributed by atoms with Crippen LogP contribution in [0.25, 0.3) is 10.9 Å². The summed E-state index contributed by atoms with van der Waals surface area (Å²) in [6, 6.07) is 6.07. The van der Waals surface area contributed by atoms with Gasteiger partial charge in [0.05, 0.1) is 5.52 Å². The molecule has 3 aromatic rings. The highest BCUT2D eigenvalue weighted by molar-refractivity contribution is 6.12. The Bertz CT molecular complexity index is 1010. The number of aromatic amines is 1. The number of anilines is 1. The van der Waals surface area contributed by atoms with Gasteiger partial charge in [-0.05, 0) is 30.3 Å². The lowest BCUT2D eigenvalue weighted by Gasteiger charge is -2.06. The van der Waals surface area contributed by atoms with Crippen molar-refractivity contribution in [2.45, 2.75) is 6.18 Å². The van der Waals surface area contributed by atoms with E-state index >= 15 is 0 Å². The summed E-state index contributed by atoms with van der Waals surface area (Å²) < 4.78 is 63.6. The van der Waals surface area contributed by atoms with E-state index < -0.39 is 35.3 Å². The van der Waals surface area contributed by atoms with Gasteiger partial charge in [-0.25, -0.2) is 8.78 Å². The Morgan fingerprint density at radius 1 is 0.962 bits per heavy atom. The van der Waals surface area contributed by atoms with Crippen LogP contribution in [0.1, 0.15) is 15.9 Å². The lowest BCUT2D eigenvalue weighted by Crippen LogP contribution is -2.30. The quantitative estimate of drug-likeness (QED) is 0.548. The summed E-state index contributed by atoms with van der Waals surface area (Å²) in [5.74, 6) is -5.30. The van der Waals surface area contributed by atoms with Crippen molar-refractivity contribution >= 4 is 28.4 Å². The topological polar surface area (TPSA) is 74.8 Å². The number of fused-ring (bicyclic) bond motifs is 1. The van der Waals surface area contributed by atoms with Crippen LogP contribution in [-0.2, 0) is 4.79 Å². The molecule has 0 radical (unpaired) electrons. The first-order valence-corrected chi connectivity index (χ1v) is 7.02. The van der Waals surface area contributed by atoms with E-state index in [1.807, 2.05) is 0 Å². The molecule has 0 unspecified atom stereocenters. The number of amides is 1. The van der Waals surface area contributed by atoms with Gasteiger partial charge in [-0.2, -0.15) is 18.3 Å². The van der Waals surface area contributed by atoms with E-state index in [0.717, 1.165) is 18.2 Å². The van der Waals surface area contributed by atoms with Crippen LogP contribution in [0.4, 0.5) is 27.8 Å².